The molecule has 0 radical (unpaired) electrons. The van der Waals surface area contributed by atoms with Crippen LogP contribution in [0, 0.1) is 0 Å². The van der Waals surface area contributed by atoms with Gasteiger partial charge in [0.25, 0.3) is 0 Å². The van der Waals surface area contributed by atoms with Crippen LogP contribution in [-0.2, 0) is 4.84 Å². The van der Waals surface area contributed by atoms with Crippen LogP contribution in [-0.4, -0.2) is 38.7 Å². The zero-order valence-corrected chi connectivity index (χ0v) is 16.2. The van der Waals surface area contributed by atoms with E-state index in [0.29, 0.717) is 29.5 Å². The summed E-state index contributed by atoms with van der Waals surface area (Å²) < 4.78 is 2.42. The lowest BCUT2D eigenvalue weighted by Gasteiger charge is -2.30. The minimum absolute atomic E-state index is 0.269. The molecule has 8 heteroatoms. The summed E-state index contributed by atoms with van der Waals surface area (Å²) in [6.07, 6.45) is 3.37. The maximum absolute atomic E-state index is 12.2. The standard InChI is InChI=1S/C18H16BrClN4O2/c19-14-11-21-24-16(20)10-15(22-17(14)24)12-6-8-23(9-7-12)26-18(25)13-4-2-1-3-5-13/h1-5,10-12H,6-9H2. The molecular formula is C18H16BrClN4O2. The molecule has 0 amide bonds. The molecule has 0 spiro atoms. The monoisotopic (exact) mass is 434 g/mol. The second kappa shape index (κ2) is 7.34. The van der Waals surface area contributed by atoms with Crippen molar-refractivity contribution >= 4 is 39.1 Å². The number of halogens is 2. The van der Waals surface area contributed by atoms with Crippen molar-refractivity contribution in [2.24, 2.45) is 0 Å². The molecule has 0 N–H and O–H groups in total. The average Bonchev–Trinajstić information content (AvgIpc) is 3.05. The van der Waals surface area contributed by atoms with Gasteiger partial charge < -0.3 is 4.84 Å². The highest BCUT2D eigenvalue weighted by atomic mass is 79.9. The zero-order chi connectivity index (χ0) is 18.1. The zero-order valence-electron chi connectivity index (χ0n) is 13.8. The van der Waals surface area contributed by atoms with Gasteiger partial charge in [0.2, 0.25) is 0 Å². The third-order valence-corrected chi connectivity index (χ3v) is 5.33. The van der Waals surface area contributed by atoms with Gasteiger partial charge in [-0.25, -0.2) is 14.3 Å². The molecule has 134 valence electrons. The number of piperidine rings is 1. The summed E-state index contributed by atoms with van der Waals surface area (Å²) in [4.78, 5) is 22.3. The average molecular weight is 436 g/mol. The van der Waals surface area contributed by atoms with Gasteiger partial charge >= 0.3 is 5.97 Å². The van der Waals surface area contributed by atoms with E-state index < -0.39 is 0 Å². The van der Waals surface area contributed by atoms with Gasteiger partial charge in [-0.1, -0.05) is 29.8 Å². The molecule has 26 heavy (non-hydrogen) atoms. The number of rotatable bonds is 3. The molecule has 0 aliphatic carbocycles. The molecule has 1 saturated heterocycles. The van der Waals surface area contributed by atoms with Gasteiger partial charge in [-0.15, -0.1) is 5.06 Å². The highest BCUT2D eigenvalue weighted by Crippen LogP contribution is 2.30. The molecule has 0 saturated carbocycles. The van der Waals surface area contributed by atoms with E-state index in [4.69, 9.17) is 21.4 Å². The smallest absolute Gasteiger partial charge is 0.357 e. The number of carbonyl (C=O) groups excluding carboxylic acids is 1. The second-order valence-electron chi connectivity index (χ2n) is 6.18. The minimum Gasteiger partial charge on any atom is -0.364 e. The van der Waals surface area contributed by atoms with Gasteiger partial charge in [-0.3, -0.25) is 0 Å². The van der Waals surface area contributed by atoms with Crippen molar-refractivity contribution in [2.75, 3.05) is 13.1 Å². The Kier molecular flexibility index (Phi) is 4.93. The first-order chi connectivity index (χ1) is 12.6. The largest absolute Gasteiger partial charge is 0.364 e. The Balaban J connectivity index is 1.42. The van der Waals surface area contributed by atoms with Crippen molar-refractivity contribution in [3.8, 4) is 0 Å². The van der Waals surface area contributed by atoms with E-state index in [1.807, 2.05) is 24.3 Å². The van der Waals surface area contributed by atoms with Crippen molar-refractivity contribution in [2.45, 2.75) is 18.8 Å². The van der Waals surface area contributed by atoms with E-state index in [1.54, 1.807) is 27.9 Å². The van der Waals surface area contributed by atoms with Crippen LogP contribution in [0.15, 0.2) is 47.1 Å². The molecule has 1 aromatic carbocycles. The molecule has 6 nitrogen and oxygen atoms in total. The number of hydroxylamine groups is 2. The fraction of sp³-hybridized carbons (Fsp3) is 0.278. The first-order valence-electron chi connectivity index (χ1n) is 8.34. The normalized spacial score (nSPS) is 16.1. The number of nitrogens with zero attached hydrogens (tertiary/aromatic N) is 4. The lowest BCUT2D eigenvalue weighted by atomic mass is 9.94. The van der Waals surface area contributed by atoms with Crippen LogP contribution in [0.4, 0.5) is 0 Å². The van der Waals surface area contributed by atoms with E-state index >= 15 is 0 Å². The number of fused-ring (bicyclic) bond motifs is 1. The lowest BCUT2D eigenvalue weighted by Crippen LogP contribution is -2.35. The van der Waals surface area contributed by atoms with Gasteiger partial charge in [-0.2, -0.15) is 5.10 Å². The third-order valence-electron chi connectivity index (χ3n) is 4.50. The Bertz CT molecular complexity index is 939. The van der Waals surface area contributed by atoms with Crippen LogP contribution in [0.1, 0.15) is 34.8 Å². The van der Waals surface area contributed by atoms with Gasteiger partial charge in [0.15, 0.2) is 5.65 Å². The van der Waals surface area contributed by atoms with Gasteiger partial charge in [-0.05, 0) is 47.0 Å². The first kappa shape index (κ1) is 17.5. The van der Waals surface area contributed by atoms with E-state index in [2.05, 4.69) is 21.0 Å². The Morgan fingerprint density at radius 2 is 1.96 bits per heavy atom. The number of carbonyl (C=O) groups is 1. The maximum atomic E-state index is 12.2. The Labute approximate surface area is 163 Å². The fourth-order valence-corrected chi connectivity index (χ4v) is 3.70. The molecule has 0 atom stereocenters. The van der Waals surface area contributed by atoms with Crippen molar-refractivity contribution in [1.82, 2.24) is 19.7 Å². The predicted octanol–water partition coefficient (Wildman–Crippen LogP) is 4.10. The summed E-state index contributed by atoms with van der Waals surface area (Å²) in [5.41, 5.74) is 2.21. The SMILES string of the molecule is O=C(ON1CCC(c2cc(Cl)n3ncc(Br)c3n2)CC1)c1ccccc1. The van der Waals surface area contributed by atoms with Crippen LogP contribution >= 0.6 is 27.5 Å². The number of hydrogen-bond acceptors (Lipinski definition) is 5. The van der Waals surface area contributed by atoms with E-state index in [-0.39, 0.29) is 11.9 Å². The number of aromatic nitrogens is 3. The van der Waals surface area contributed by atoms with Crippen LogP contribution in [0.2, 0.25) is 5.15 Å². The molecule has 3 aromatic rings. The molecule has 2 aromatic heterocycles. The van der Waals surface area contributed by atoms with Gasteiger partial charge in [0.1, 0.15) is 5.15 Å². The Hall–Kier alpha value is -1.96. The topological polar surface area (TPSA) is 59.7 Å². The van der Waals surface area contributed by atoms with Gasteiger partial charge in [0.05, 0.1) is 16.2 Å². The highest BCUT2D eigenvalue weighted by molar-refractivity contribution is 9.10. The summed E-state index contributed by atoms with van der Waals surface area (Å²) in [6.45, 7) is 1.32. The molecule has 0 unspecified atom stereocenters. The molecule has 1 fully saturated rings. The molecule has 1 aliphatic heterocycles. The van der Waals surface area contributed by atoms with Crippen LogP contribution < -0.4 is 0 Å². The van der Waals surface area contributed by atoms with Crippen molar-refractivity contribution < 1.29 is 9.63 Å². The molecular weight excluding hydrogens is 420 g/mol. The Morgan fingerprint density at radius 3 is 2.69 bits per heavy atom. The number of hydrogen-bond donors (Lipinski definition) is 0. The summed E-state index contributed by atoms with van der Waals surface area (Å²) in [6, 6.07) is 10.9. The fourth-order valence-electron chi connectivity index (χ4n) is 3.11. The highest BCUT2D eigenvalue weighted by Gasteiger charge is 2.25. The quantitative estimate of drug-likeness (QED) is 0.580. The van der Waals surface area contributed by atoms with E-state index in [1.165, 1.54) is 0 Å². The molecule has 0 bridgehead atoms. The molecule has 3 heterocycles. The lowest BCUT2D eigenvalue weighted by molar-refractivity contribution is -0.122. The molecule has 1 aliphatic rings. The van der Waals surface area contributed by atoms with Crippen molar-refractivity contribution in [3.63, 3.8) is 0 Å². The summed E-state index contributed by atoms with van der Waals surface area (Å²) >= 11 is 9.77. The number of benzene rings is 1. The van der Waals surface area contributed by atoms with E-state index in [0.717, 1.165) is 23.0 Å². The first-order valence-corrected chi connectivity index (χ1v) is 9.51. The van der Waals surface area contributed by atoms with Crippen LogP contribution in [0.3, 0.4) is 0 Å². The van der Waals surface area contributed by atoms with E-state index in [9.17, 15) is 4.79 Å². The van der Waals surface area contributed by atoms with Crippen LogP contribution in [0.5, 0.6) is 0 Å². The third kappa shape index (κ3) is 3.47. The second-order valence-corrected chi connectivity index (χ2v) is 7.42. The van der Waals surface area contributed by atoms with Crippen LogP contribution in [0.25, 0.3) is 5.65 Å². The van der Waals surface area contributed by atoms with Crippen molar-refractivity contribution in [1.29, 1.82) is 0 Å². The summed E-state index contributed by atoms with van der Waals surface area (Å²) in [7, 11) is 0. The summed E-state index contributed by atoms with van der Waals surface area (Å²) in [5.74, 6) is -0.0548. The Morgan fingerprint density at radius 1 is 1.23 bits per heavy atom. The predicted molar refractivity (Wildman–Crippen MR) is 101 cm³/mol. The minimum atomic E-state index is -0.324. The molecule has 4 rings (SSSR count). The summed E-state index contributed by atoms with van der Waals surface area (Å²) in [5, 5.41) is 6.45. The maximum Gasteiger partial charge on any atom is 0.357 e. The van der Waals surface area contributed by atoms with Gasteiger partial charge in [0, 0.05) is 24.7 Å². The van der Waals surface area contributed by atoms with Crippen molar-refractivity contribution in [3.05, 3.63) is 63.5 Å².